The van der Waals surface area contributed by atoms with Gasteiger partial charge in [0.1, 0.15) is 12.1 Å². The van der Waals surface area contributed by atoms with Crippen LogP contribution in [0.5, 0.6) is 0 Å². The minimum absolute atomic E-state index is 0.147. The van der Waals surface area contributed by atoms with Gasteiger partial charge in [0.2, 0.25) is 17.7 Å². The Balaban J connectivity index is 1.47. The molecule has 198 valence electrons. The van der Waals surface area contributed by atoms with Crippen molar-refractivity contribution in [3.05, 3.63) is 72.1 Å². The van der Waals surface area contributed by atoms with Crippen LogP contribution in [0.2, 0.25) is 0 Å². The van der Waals surface area contributed by atoms with Gasteiger partial charge < -0.3 is 36.8 Å². The first-order valence-corrected chi connectivity index (χ1v) is 12.2. The predicted molar refractivity (Wildman–Crippen MR) is 142 cm³/mol. The molecule has 11 heteroatoms. The number of hydrogen-bond donors (Lipinski definition) is 7. The summed E-state index contributed by atoms with van der Waals surface area (Å²) in [5.41, 5.74) is 9.73. The summed E-state index contributed by atoms with van der Waals surface area (Å²) in [7, 11) is 0. The quantitative estimate of drug-likeness (QED) is 0.155. The van der Waals surface area contributed by atoms with Gasteiger partial charge in [0.15, 0.2) is 0 Å². The van der Waals surface area contributed by atoms with E-state index < -0.39 is 48.4 Å². The zero-order valence-corrected chi connectivity index (χ0v) is 20.8. The van der Waals surface area contributed by atoms with E-state index >= 15 is 0 Å². The van der Waals surface area contributed by atoms with Crippen LogP contribution < -0.4 is 21.7 Å². The number of nitrogens with two attached hydrogens (primary N) is 1. The van der Waals surface area contributed by atoms with E-state index in [1.54, 1.807) is 6.20 Å². The van der Waals surface area contributed by atoms with E-state index in [0.717, 1.165) is 32.9 Å². The second-order valence-electron chi connectivity index (χ2n) is 9.14. The third-order valence-electron chi connectivity index (χ3n) is 6.35. The molecule has 4 aromatic rings. The molecule has 0 bridgehead atoms. The van der Waals surface area contributed by atoms with E-state index in [9.17, 15) is 19.2 Å². The highest BCUT2D eigenvalue weighted by atomic mass is 16.4. The van der Waals surface area contributed by atoms with Crippen LogP contribution in [0, 0.1) is 0 Å². The molecule has 0 aliphatic rings. The number of hydrogen-bond acceptors (Lipinski definition) is 5. The molecule has 8 N–H and O–H groups in total. The lowest BCUT2D eigenvalue weighted by Crippen LogP contribution is -2.54. The van der Waals surface area contributed by atoms with Crippen LogP contribution in [0.4, 0.5) is 0 Å². The minimum atomic E-state index is -1.20. The topological polar surface area (TPSA) is 182 Å². The Morgan fingerprint density at radius 3 is 1.97 bits per heavy atom. The van der Waals surface area contributed by atoms with E-state index in [-0.39, 0.29) is 12.8 Å². The number of H-pyrrole nitrogens is 2. The lowest BCUT2D eigenvalue weighted by atomic mass is 10.0. The average molecular weight is 519 g/mol. The lowest BCUT2D eigenvalue weighted by Gasteiger charge is -2.21. The molecule has 2 heterocycles. The molecule has 2 aromatic heterocycles. The summed E-state index contributed by atoms with van der Waals surface area (Å²) >= 11 is 0. The Hall–Kier alpha value is -4.64. The highest BCUT2D eigenvalue weighted by molar-refractivity contribution is 5.94. The fraction of sp³-hybridized carbons (Fsp3) is 0.259. The van der Waals surface area contributed by atoms with E-state index in [2.05, 4.69) is 25.9 Å². The number of aromatic amines is 2. The number of nitrogens with one attached hydrogen (secondary N) is 5. The number of carbonyl (C=O) groups excluding carboxylic acids is 3. The summed E-state index contributed by atoms with van der Waals surface area (Å²) < 4.78 is 0. The molecule has 3 amide bonds. The third kappa shape index (κ3) is 6.19. The molecule has 3 unspecified atom stereocenters. The Labute approximate surface area is 218 Å². The van der Waals surface area contributed by atoms with Gasteiger partial charge in [-0.2, -0.15) is 0 Å². The van der Waals surface area contributed by atoms with Gasteiger partial charge >= 0.3 is 5.97 Å². The summed E-state index contributed by atoms with van der Waals surface area (Å²) in [6.45, 7) is 0.870. The predicted octanol–water partition coefficient (Wildman–Crippen LogP) is 0.952. The standard InChI is InChI=1S/C27H30N6O5/c1-15(27(37)38)32-24(34)14-31-26(36)23(11-17-13-30-22-9-5-3-7-19(17)22)33-25(35)20(28)10-16-12-29-21-8-4-2-6-18(16)21/h2-9,12-13,15,20,23,29-30H,10-11,14,28H2,1H3,(H,31,36)(H,32,34)(H,33,35)(H,37,38). The minimum Gasteiger partial charge on any atom is -0.480 e. The lowest BCUT2D eigenvalue weighted by molar-refractivity contribution is -0.141. The molecule has 0 spiro atoms. The number of fused-ring (bicyclic) bond motifs is 2. The van der Waals surface area contributed by atoms with Crippen LogP contribution in [0.1, 0.15) is 18.1 Å². The molecule has 38 heavy (non-hydrogen) atoms. The number of carboxylic acid groups (broad SMARTS) is 1. The van der Waals surface area contributed by atoms with Crippen molar-refractivity contribution in [1.29, 1.82) is 0 Å². The third-order valence-corrected chi connectivity index (χ3v) is 6.35. The second kappa shape index (κ2) is 11.6. The molecule has 0 saturated carbocycles. The van der Waals surface area contributed by atoms with E-state index in [4.69, 9.17) is 10.8 Å². The summed E-state index contributed by atoms with van der Waals surface area (Å²) in [6, 6.07) is 12.2. The van der Waals surface area contributed by atoms with Gasteiger partial charge in [-0.1, -0.05) is 36.4 Å². The van der Waals surface area contributed by atoms with E-state index in [0.29, 0.717) is 0 Å². The summed E-state index contributed by atoms with van der Waals surface area (Å²) in [5, 5.41) is 18.3. The van der Waals surface area contributed by atoms with Crippen LogP contribution in [-0.4, -0.2) is 63.4 Å². The van der Waals surface area contributed by atoms with Gasteiger partial charge in [0, 0.05) is 40.6 Å². The van der Waals surface area contributed by atoms with Gasteiger partial charge in [0.05, 0.1) is 12.6 Å². The number of para-hydroxylation sites is 2. The maximum absolute atomic E-state index is 13.1. The van der Waals surface area contributed by atoms with Gasteiger partial charge in [-0.3, -0.25) is 19.2 Å². The van der Waals surface area contributed by atoms with Crippen LogP contribution in [0.25, 0.3) is 21.8 Å². The molecule has 4 rings (SSSR count). The van der Waals surface area contributed by atoms with Crippen molar-refractivity contribution in [3.8, 4) is 0 Å². The van der Waals surface area contributed by atoms with Crippen LogP contribution in [-0.2, 0) is 32.0 Å². The number of aliphatic carboxylic acids is 1. The Morgan fingerprint density at radius 2 is 1.39 bits per heavy atom. The van der Waals surface area contributed by atoms with E-state index in [1.165, 1.54) is 6.92 Å². The fourth-order valence-corrected chi connectivity index (χ4v) is 4.28. The maximum Gasteiger partial charge on any atom is 0.325 e. The van der Waals surface area contributed by atoms with Gasteiger partial charge in [-0.15, -0.1) is 0 Å². The van der Waals surface area contributed by atoms with E-state index in [1.807, 2.05) is 54.7 Å². The molecule has 2 aromatic carbocycles. The molecule has 0 aliphatic carbocycles. The number of carbonyl (C=O) groups is 4. The fourth-order valence-electron chi connectivity index (χ4n) is 4.28. The van der Waals surface area contributed by atoms with Crippen molar-refractivity contribution in [2.24, 2.45) is 5.73 Å². The van der Waals surface area contributed by atoms with Crippen molar-refractivity contribution in [3.63, 3.8) is 0 Å². The Kier molecular flexibility index (Phi) is 8.07. The van der Waals surface area contributed by atoms with Gasteiger partial charge in [-0.25, -0.2) is 0 Å². The number of amides is 3. The van der Waals surface area contributed by atoms with Crippen molar-refractivity contribution in [2.75, 3.05) is 6.54 Å². The maximum atomic E-state index is 13.1. The number of carboxylic acids is 1. The normalized spacial score (nSPS) is 13.5. The van der Waals surface area contributed by atoms with Crippen LogP contribution in [0.3, 0.4) is 0 Å². The zero-order chi connectivity index (χ0) is 27.2. The molecule has 0 radical (unpaired) electrons. The van der Waals surface area contributed by atoms with Crippen molar-refractivity contribution < 1.29 is 24.3 Å². The first kappa shape index (κ1) is 26.4. The number of rotatable bonds is 11. The zero-order valence-electron chi connectivity index (χ0n) is 20.8. The summed E-state index contributed by atoms with van der Waals surface area (Å²) in [5.74, 6) is -2.97. The summed E-state index contributed by atoms with van der Waals surface area (Å²) in [4.78, 5) is 55.6. The van der Waals surface area contributed by atoms with Crippen LogP contribution >= 0.6 is 0 Å². The molecular formula is C27H30N6O5. The Bertz CT molecular complexity index is 1470. The SMILES string of the molecule is CC(NC(=O)CNC(=O)C(Cc1c[nH]c2ccccc12)NC(=O)C(N)Cc1c[nH]c2ccccc12)C(=O)O. The molecule has 3 atom stereocenters. The van der Waals surface area contributed by atoms with Crippen molar-refractivity contribution >= 4 is 45.5 Å². The highest BCUT2D eigenvalue weighted by Gasteiger charge is 2.26. The van der Waals surface area contributed by atoms with Crippen molar-refractivity contribution in [2.45, 2.75) is 37.9 Å². The molecule has 11 nitrogen and oxygen atoms in total. The number of benzene rings is 2. The highest BCUT2D eigenvalue weighted by Crippen LogP contribution is 2.20. The second-order valence-corrected chi connectivity index (χ2v) is 9.14. The monoisotopic (exact) mass is 518 g/mol. The van der Waals surface area contributed by atoms with Crippen molar-refractivity contribution in [1.82, 2.24) is 25.9 Å². The van der Waals surface area contributed by atoms with Gasteiger partial charge in [-0.05, 0) is 36.6 Å². The molecule has 0 aliphatic heterocycles. The molecule has 0 saturated heterocycles. The molecule has 0 fully saturated rings. The first-order chi connectivity index (χ1) is 18.2. The summed E-state index contributed by atoms with van der Waals surface area (Å²) in [6.07, 6.45) is 3.98. The Morgan fingerprint density at radius 1 is 0.842 bits per heavy atom. The smallest absolute Gasteiger partial charge is 0.325 e. The van der Waals surface area contributed by atoms with Gasteiger partial charge in [0.25, 0.3) is 0 Å². The van der Waals surface area contributed by atoms with Crippen LogP contribution in [0.15, 0.2) is 60.9 Å². The average Bonchev–Trinajstić information content (AvgIpc) is 3.51. The first-order valence-electron chi connectivity index (χ1n) is 12.2. The largest absolute Gasteiger partial charge is 0.480 e. The molecular weight excluding hydrogens is 488 g/mol. The number of aromatic nitrogens is 2.